The van der Waals surface area contributed by atoms with Crippen LogP contribution in [-0.2, 0) is 14.3 Å². The number of anilines is 2. The minimum Gasteiger partial charge on any atom is -0.497 e. The van der Waals surface area contributed by atoms with Crippen molar-refractivity contribution in [2.75, 3.05) is 50.2 Å². The second kappa shape index (κ2) is 10.6. The maximum Gasteiger partial charge on any atom is 0.294 e. The van der Waals surface area contributed by atoms with Crippen LogP contribution in [0.1, 0.15) is 5.56 Å². The van der Waals surface area contributed by atoms with Gasteiger partial charge in [-0.2, -0.15) is 0 Å². The molecule has 2 aliphatic rings. The molecule has 0 aromatic heterocycles. The Bertz CT molecular complexity index is 1190. The number of imide groups is 1. The average molecular weight is 499 g/mol. The molecule has 2 aromatic rings. The predicted octanol–water partition coefficient (Wildman–Crippen LogP) is 3.12. The number of nitrogens with zero attached hydrogens (tertiary/aromatic N) is 3. The maximum absolute atomic E-state index is 12.8. The van der Waals surface area contributed by atoms with Gasteiger partial charge in [0.1, 0.15) is 18.0 Å². The smallest absolute Gasteiger partial charge is 0.294 e. The van der Waals surface area contributed by atoms with Crippen molar-refractivity contribution >= 4 is 52.0 Å². The fourth-order valence-electron chi connectivity index (χ4n) is 3.65. The van der Waals surface area contributed by atoms with Gasteiger partial charge >= 0.3 is 0 Å². The highest BCUT2D eigenvalue weighted by Gasteiger charge is 2.36. The molecule has 0 unspecified atom stereocenters. The fraction of sp³-hybridized carbons (Fsp3) is 0.261. The highest BCUT2D eigenvalue weighted by molar-refractivity contribution is 8.18. The molecule has 1 N–H and O–H groups in total. The van der Waals surface area contributed by atoms with Crippen LogP contribution in [0.5, 0.6) is 5.75 Å². The van der Waals surface area contributed by atoms with Crippen LogP contribution in [0.15, 0.2) is 47.4 Å². The van der Waals surface area contributed by atoms with Gasteiger partial charge in [-0.3, -0.25) is 29.4 Å². The summed E-state index contributed by atoms with van der Waals surface area (Å²) < 4.78 is 10.4. The molecule has 2 heterocycles. The molecule has 11 nitrogen and oxygen atoms in total. The number of methoxy groups -OCH3 is 1. The zero-order valence-electron chi connectivity index (χ0n) is 18.8. The third-order valence-electron chi connectivity index (χ3n) is 5.39. The fourth-order valence-corrected chi connectivity index (χ4v) is 4.49. The molecule has 0 atom stereocenters. The van der Waals surface area contributed by atoms with E-state index in [1.807, 2.05) is 4.90 Å². The number of amides is 3. The molecule has 0 bridgehead atoms. The van der Waals surface area contributed by atoms with Crippen molar-refractivity contribution < 1.29 is 28.8 Å². The second-order valence-electron chi connectivity index (χ2n) is 7.65. The summed E-state index contributed by atoms with van der Waals surface area (Å²) in [6.45, 7) is 1.59. The van der Waals surface area contributed by atoms with Gasteiger partial charge in [0.05, 0.1) is 30.2 Å². The molecule has 2 fully saturated rings. The van der Waals surface area contributed by atoms with E-state index in [2.05, 4.69) is 5.32 Å². The number of rotatable bonds is 7. The van der Waals surface area contributed by atoms with E-state index in [1.165, 1.54) is 19.3 Å². The van der Waals surface area contributed by atoms with Crippen molar-refractivity contribution in [3.63, 3.8) is 0 Å². The molecule has 3 amide bonds. The van der Waals surface area contributed by atoms with Gasteiger partial charge in [0.2, 0.25) is 5.91 Å². The number of thioether (sulfide) groups is 1. The number of morpholine rings is 1. The van der Waals surface area contributed by atoms with Crippen LogP contribution >= 0.6 is 11.8 Å². The first-order valence-corrected chi connectivity index (χ1v) is 11.5. The lowest BCUT2D eigenvalue weighted by Crippen LogP contribution is -2.36. The van der Waals surface area contributed by atoms with Gasteiger partial charge in [0.15, 0.2) is 0 Å². The molecule has 2 aromatic carbocycles. The van der Waals surface area contributed by atoms with E-state index in [0.717, 1.165) is 4.90 Å². The number of carbonyl (C=O) groups excluding carboxylic acids is 3. The van der Waals surface area contributed by atoms with E-state index in [0.29, 0.717) is 60.8 Å². The van der Waals surface area contributed by atoms with Gasteiger partial charge < -0.3 is 19.7 Å². The summed E-state index contributed by atoms with van der Waals surface area (Å²) in [6, 6.07) is 11.3. The van der Waals surface area contributed by atoms with Crippen LogP contribution in [0.4, 0.5) is 21.9 Å². The van der Waals surface area contributed by atoms with Gasteiger partial charge in [-0.05, 0) is 53.7 Å². The summed E-state index contributed by atoms with van der Waals surface area (Å²) in [5.41, 5.74) is 1.27. The van der Waals surface area contributed by atoms with Gasteiger partial charge in [-0.25, -0.2) is 0 Å². The molecular formula is C23H22N4O7S. The van der Waals surface area contributed by atoms with E-state index < -0.39 is 28.5 Å². The number of hydrogen-bond acceptors (Lipinski definition) is 9. The minimum atomic E-state index is -0.634. The number of nitro groups is 1. The van der Waals surface area contributed by atoms with Crippen LogP contribution < -0.4 is 15.0 Å². The standard InChI is InChI=1S/C23H22N4O7S/c1-33-17-5-3-16(4-6-17)24-21(28)14-26-22(29)20(35-23(26)30)13-15-2-7-18(19(12-15)27(31)32)25-8-10-34-11-9-25/h2-7,12-13H,8-11,14H2,1H3,(H,24,28)/b20-13-. The number of carbonyl (C=O) groups is 3. The Morgan fingerprint density at radius 2 is 1.91 bits per heavy atom. The molecule has 35 heavy (non-hydrogen) atoms. The lowest BCUT2D eigenvalue weighted by atomic mass is 10.1. The third kappa shape index (κ3) is 5.61. The minimum absolute atomic E-state index is 0.0840. The largest absolute Gasteiger partial charge is 0.497 e. The molecular weight excluding hydrogens is 476 g/mol. The summed E-state index contributed by atoms with van der Waals surface area (Å²) in [6.07, 6.45) is 1.42. The quantitative estimate of drug-likeness (QED) is 0.347. The Hall–Kier alpha value is -3.90. The van der Waals surface area contributed by atoms with Gasteiger partial charge in [-0.15, -0.1) is 0 Å². The highest BCUT2D eigenvalue weighted by Crippen LogP contribution is 2.35. The number of hydrogen-bond donors (Lipinski definition) is 1. The van der Waals surface area contributed by atoms with Crippen molar-refractivity contribution in [1.29, 1.82) is 0 Å². The normalized spacial score (nSPS) is 17.1. The molecule has 12 heteroatoms. The molecule has 182 valence electrons. The number of nitrogens with one attached hydrogen (secondary N) is 1. The van der Waals surface area contributed by atoms with Crippen molar-refractivity contribution in [3.05, 3.63) is 63.0 Å². The lowest BCUT2D eigenvalue weighted by molar-refractivity contribution is -0.384. The number of ether oxygens (including phenoxy) is 2. The first-order chi connectivity index (χ1) is 16.9. The molecule has 4 rings (SSSR count). The van der Waals surface area contributed by atoms with Gasteiger partial charge in [-0.1, -0.05) is 6.07 Å². The van der Waals surface area contributed by atoms with Crippen molar-refractivity contribution in [1.82, 2.24) is 4.90 Å². The van der Waals surface area contributed by atoms with Crippen LogP contribution in [0.25, 0.3) is 6.08 Å². The molecule has 0 aliphatic carbocycles. The summed E-state index contributed by atoms with van der Waals surface area (Å²) in [5, 5.41) is 13.7. The SMILES string of the molecule is COc1ccc(NC(=O)CN2C(=O)S/C(=C\c3ccc(N4CCOCC4)c([N+](=O)[O-])c3)C2=O)cc1. The Labute approximate surface area is 204 Å². The first kappa shape index (κ1) is 24.2. The van der Waals surface area contributed by atoms with E-state index >= 15 is 0 Å². The second-order valence-corrected chi connectivity index (χ2v) is 8.64. The molecule has 0 saturated carbocycles. The molecule has 0 spiro atoms. The topological polar surface area (TPSA) is 131 Å². The van der Waals surface area contributed by atoms with Crippen molar-refractivity contribution in [3.8, 4) is 5.75 Å². The first-order valence-electron chi connectivity index (χ1n) is 10.7. The van der Waals surface area contributed by atoms with E-state index in [9.17, 15) is 24.5 Å². The lowest BCUT2D eigenvalue weighted by Gasteiger charge is -2.28. The molecule has 2 aliphatic heterocycles. The summed E-state index contributed by atoms with van der Waals surface area (Å²) >= 11 is 0.682. The summed E-state index contributed by atoms with van der Waals surface area (Å²) in [7, 11) is 1.53. The average Bonchev–Trinajstić information content (AvgIpc) is 3.12. The highest BCUT2D eigenvalue weighted by atomic mass is 32.2. The monoisotopic (exact) mass is 498 g/mol. The summed E-state index contributed by atoms with van der Waals surface area (Å²) in [4.78, 5) is 51.6. The Morgan fingerprint density at radius 3 is 2.57 bits per heavy atom. The number of nitro benzene ring substituents is 1. The maximum atomic E-state index is 12.8. The number of benzene rings is 2. The zero-order valence-corrected chi connectivity index (χ0v) is 19.6. The predicted molar refractivity (Wildman–Crippen MR) is 130 cm³/mol. The third-order valence-corrected chi connectivity index (χ3v) is 6.30. The Balaban J connectivity index is 1.47. The van der Waals surface area contributed by atoms with Gasteiger partial charge in [0.25, 0.3) is 16.8 Å². The van der Waals surface area contributed by atoms with E-state index in [1.54, 1.807) is 36.4 Å². The Kier molecular flexibility index (Phi) is 7.32. The van der Waals surface area contributed by atoms with Crippen molar-refractivity contribution in [2.45, 2.75) is 0 Å². The van der Waals surface area contributed by atoms with Gasteiger partial charge in [0, 0.05) is 24.8 Å². The molecule has 0 radical (unpaired) electrons. The van der Waals surface area contributed by atoms with Crippen LogP contribution in [-0.4, -0.2) is 66.8 Å². The van der Waals surface area contributed by atoms with Crippen molar-refractivity contribution in [2.24, 2.45) is 0 Å². The van der Waals surface area contributed by atoms with Crippen LogP contribution in [0, 0.1) is 10.1 Å². The molecule has 2 saturated heterocycles. The zero-order chi connectivity index (χ0) is 24.9. The summed E-state index contributed by atoms with van der Waals surface area (Å²) in [5.74, 6) is -0.550. The van der Waals surface area contributed by atoms with E-state index in [4.69, 9.17) is 9.47 Å². The Morgan fingerprint density at radius 1 is 1.20 bits per heavy atom. The van der Waals surface area contributed by atoms with Crippen LogP contribution in [0.3, 0.4) is 0 Å². The van der Waals surface area contributed by atoms with E-state index in [-0.39, 0.29) is 10.6 Å². The van der Waals surface area contributed by atoms with Crippen LogP contribution in [0.2, 0.25) is 0 Å².